The average molecular weight is 509 g/mol. The number of esters is 2. The van der Waals surface area contributed by atoms with Crippen LogP contribution in [-0.4, -0.2) is 30.9 Å². The Bertz CT molecular complexity index is 928. The molecule has 1 amide bonds. The predicted octanol–water partition coefficient (Wildman–Crippen LogP) is 6.30. The zero-order valence-electron chi connectivity index (χ0n) is 22.6. The van der Waals surface area contributed by atoms with Crippen molar-refractivity contribution in [3.05, 3.63) is 71.3 Å². The minimum Gasteiger partial charge on any atom is -0.393 e. The van der Waals surface area contributed by atoms with E-state index in [9.17, 15) is 14.4 Å². The Balaban J connectivity index is 1.67. The monoisotopic (exact) mass is 508 g/mol. The van der Waals surface area contributed by atoms with Gasteiger partial charge in [0, 0.05) is 32.1 Å². The van der Waals surface area contributed by atoms with E-state index in [0.29, 0.717) is 25.2 Å². The van der Waals surface area contributed by atoms with Gasteiger partial charge in [-0.2, -0.15) is 0 Å². The largest absolute Gasteiger partial charge is 0.393 e. The molecular weight excluding hydrogens is 464 g/mol. The van der Waals surface area contributed by atoms with E-state index < -0.39 is 17.9 Å². The van der Waals surface area contributed by atoms with Gasteiger partial charge in [-0.15, -0.1) is 0 Å². The number of ether oxygens (including phenoxy) is 1. The van der Waals surface area contributed by atoms with Crippen LogP contribution in [0.2, 0.25) is 0 Å². The number of unbranched alkanes of at least 4 members (excludes halogenated alkanes) is 9. The summed E-state index contributed by atoms with van der Waals surface area (Å²) in [5, 5.41) is 6.28. The van der Waals surface area contributed by atoms with E-state index in [1.54, 1.807) is 0 Å². The van der Waals surface area contributed by atoms with Crippen LogP contribution >= 0.6 is 0 Å². The Labute approximate surface area is 222 Å². The van der Waals surface area contributed by atoms with E-state index in [-0.39, 0.29) is 5.91 Å². The van der Waals surface area contributed by atoms with Crippen LogP contribution in [0.3, 0.4) is 0 Å². The number of amides is 1. The molecule has 1 unspecified atom stereocenters. The lowest BCUT2D eigenvalue weighted by Gasteiger charge is -2.16. The number of benzene rings is 2. The van der Waals surface area contributed by atoms with Crippen molar-refractivity contribution in [2.75, 3.05) is 13.1 Å². The Kier molecular flexibility index (Phi) is 14.9. The van der Waals surface area contributed by atoms with Crippen molar-refractivity contribution in [3.8, 4) is 0 Å². The Hall–Kier alpha value is -2.99. The summed E-state index contributed by atoms with van der Waals surface area (Å²) in [6.07, 6.45) is 12.8. The SMILES string of the molecule is CCCCCCCCCCCCNC(=O)c1ccc(CNCC(C(=O)OC(C)=O)c2ccccc2)cc1. The molecule has 0 heterocycles. The molecule has 0 spiro atoms. The Morgan fingerprint density at radius 1 is 0.784 bits per heavy atom. The molecule has 202 valence electrons. The molecular formula is C31H44N2O4. The molecule has 0 aromatic heterocycles. The summed E-state index contributed by atoms with van der Waals surface area (Å²) in [4.78, 5) is 36.1. The van der Waals surface area contributed by atoms with Gasteiger partial charge >= 0.3 is 11.9 Å². The van der Waals surface area contributed by atoms with E-state index in [1.807, 2.05) is 54.6 Å². The molecule has 0 aliphatic heterocycles. The van der Waals surface area contributed by atoms with Gasteiger partial charge in [-0.25, -0.2) is 0 Å². The number of carbonyl (C=O) groups excluding carboxylic acids is 3. The molecule has 2 N–H and O–H groups in total. The Morgan fingerprint density at radius 3 is 1.97 bits per heavy atom. The fraction of sp³-hybridized carbons (Fsp3) is 0.516. The topological polar surface area (TPSA) is 84.5 Å². The number of nitrogens with one attached hydrogen (secondary N) is 2. The van der Waals surface area contributed by atoms with Gasteiger partial charge < -0.3 is 15.4 Å². The minimum atomic E-state index is -0.618. The third kappa shape index (κ3) is 12.7. The lowest BCUT2D eigenvalue weighted by atomic mass is 9.99. The lowest BCUT2D eigenvalue weighted by Crippen LogP contribution is -2.29. The molecule has 2 aromatic rings. The molecule has 2 aromatic carbocycles. The first kappa shape index (κ1) is 30.2. The summed E-state index contributed by atoms with van der Waals surface area (Å²) in [5.41, 5.74) is 2.43. The molecule has 0 aliphatic carbocycles. The van der Waals surface area contributed by atoms with Gasteiger partial charge in [-0.05, 0) is 29.7 Å². The summed E-state index contributed by atoms with van der Waals surface area (Å²) in [6, 6.07) is 16.7. The first-order chi connectivity index (χ1) is 18.0. The molecule has 0 radical (unpaired) electrons. The average Bonchev–Trinajstić information content (AvgIpc) is 2.90. The van der Waals surface area contributed by atoms with Crippen LogP contribution in [0.25, 0.3) is 0 Å². The predicted molar refractivity (Wildman–Crippen MR) is 148 cm³/mol. The van der Waals surface area contributed by atoms with Crippen LogP contribution in [-0.2, 0) is 20.9 Å². The van der Waals surface area contributed by atoms with Crippen LogP contribution in [0, 0.1) is 0 Å². The summed E-state index contributed by atoms with van der Waals surface area (Å²) < 4.78 is 4.83. The molecule has 0 saturated carbocycles. The van der Waals surface area contributed by atoms with Crippen LogP contribution in [0.1, 0.15) is 105 Å². The fourth-order valence-electron chi connectivity index (χ4n) is 4.29. The molecule has 6 nitrogen and oxygen atoms in total. The third-order valence-corrected chi connectivity index (χ3v) is 6.44. The molecule has 1 atom stereocenters. The third-order valence-electron chi connectivity index (χ3n) is 6.44. The first-order valence-corrected chi connectivity index (χ1v) is 13.9. The molecule has 0 aliphatic rings. The second-order valence-electron chi connectivity index (χ2n) is 9.64. The summed E-state index contributed by atoms with van der Waals surface area (Å²) in [5.74, 6) is -1.82. The Morgan fingerprint density at radius 2 is 1.38 bits per heavy atom. The van der Waals surface area contributed by atoms with Crippen molar-refractivity contribution in [2.45, 2.75) is 90.5 Å². The summed E-state index contributed by atoms with van der Waals surface area (Å²) in [6.45, 7) is 5.03. The highest BCUT2D eigenvalue weighted by Crippen LogP contribution is 2.17. The molecule has 6 heteroatoms. The number of hydrogen-bond acceptors (Lipinski definition) is 5. The van der Waals surface area contributed by atoms with E-state index in [0.717, 1.165) is 24.0 Å². The number of carbonyl (C=O) groups is 3. The second-order valence-corrected chi connectivity index (χ2v) is 9.64. The number of hydrogen-bond donors (Lipinski definition) is 2. The van der Waals surface area contributed by atoms with Gasteiger partial charge in [0.25, 0.3) is 5.91 Å². The number of rotatable bonds is 18. The fourth-order valence-corrected chi connectivity index (χ4v) is 4.29. The molecule has 0 bridgehead atoms. The highest BCUT2D eigenvalue weighted by Gasteiger charge is 2.23. The van der Waals surface area contributed by atoms with Gasteiger partial charge in [0.15, 0.2) is 0 Å². The van der Waals surface area contributed by atoms with E-state index in [2.05, 4.69) is 17.6 Å². The van der Waals surface area contributed by atoms with Gasteiger partial charge in [0.05, 0.1) is 5.92 Å². The van der Waals surface area contributed by atoms with Crippen molar-refractivity contribution < 1.29 is 19.1 Å². The summed E-state index contributed by atoms with van der Waals surface area (Å²) >= 11 is 0. The normalized spacial score (nSPS) is 11.6. The van der Waals surface area contributed by atoms with E-state index in [1.165, 1.54) is 58.3 Å². The zero-order valence-corrected chi connectivity index (χ0v) is 22.6. The van der Waals surface area contributed by atoms with Gasteiger partial charge in [-0.1, -0.05) is 107 Å². The van der Waals surface area contributed by atoms with Crippen molar-refractivity contribution in [1.29, 1.82) is 0 Å². The van der Waals surface area contributed by atoms with Crippen LogP contribution in [0.4, 0.5) is 0 Å². The highest BCUT2D eigenvalue weighted by molar-refractivity contribution is 5.94. The highest BCUT2D eigenvalue weighted by atomic mass is 16.6. The molecule has 0 fully saturated rings. The van der Waals surface area contributed by atoms with Crippen molar-refractivity contribution in [2.24, 2.45) is 0 Å². The van der Waals surface area contributed by atoms with Gasteiger partial charge in [0.2, 0.25) is 0 Å². The van der Waals surface area contributed by atoms with Gasteiger partial charge in [-0.3, -0.25) is 14.4 Å². The maximum atomic E-state index is 12.4. The molecule has 2 rings (SSSR count). The minimum absolute atomic E-state index is 0.0495. The second kappa shape index (κ2) is 18.3. The maximum Gasteiger partial charge on any atom is 0.322 e. The van der Waals surface area contributed by atoms with Crippen molar-refractivity contribution >= 4 is 17.8 Å². The van der Waals surface area contributed by atoms with Crippen LogP contribution in [0.15, 0.2) is 54.6 Å². The smallest absolute Gasteiger partial charge is 0.322 e. The standard InChI is InChI=1S/C31H44N2O4/c1-3-4-5-6-7-8-9-10-11-15-22-33-30(35)28-20-18-26(19-21-28)23-32-24-29(31(36)37-25(2)34)27-16-13-12-14-17-27/h12-14,16-21,29,32H,3-11,15,22-24H2,1-2H3,(H,33,35). The van der Waals surface area contributed by atoms with Crippen LogP contribution in [0.5, 0.6) is 0 Å². The van der Waals surface area contributed by atoms with Crippen molar-refractivity contribution in [1.82, 2.24) is 10.6 Å². The van der Waals surface area contributed by atoms with E-state index in [4.69, 9.17) is 4.74 Å². The first-order valence-electron chi connectivity index (χ1n) is 13.9. The quantitative estimate of drug-likeness (QED) is 0.140. The zero-order chi connectivity index (χ0) is 26.7. The summed E-state index contributed by atoms with van der Waals surface area (Å²) in [7, 11) is 0. The van der Waals surface area contributed by atoms with E-state index >= 15 is 0 Å². The van der Waals surface area contributed by atoms with Gasteiger partial charge in [0.1, 0.15) is 0 Å². The van der Waals surface area contributed by atoms with Crippen LogP contribution < -0.4 is 10.6 Å². The molecule has 37 heavy (non-hydrogen) atoms. The van der Waals surface area contributed by atoms with Crippen molar-refractivity contribution in [3.63, 3.8) is 0 Å². The molecule has 0 saturated heterocycles. The maximum absolute atomic E-state index is 12.4. The lowest BCUT2D eigenvalue weighted by molar-refractivity contribution is -0.159.